The van der Waals surface area contributed by atoms with Crippen LogP contribution in [0.3, 0.4) is 0 Å². The van der Waals surface area contributed by atoms with Gasteiger partial charge in [0.25, 0.3) is 0 Å². The third-order valence-electron chi connectivity index (χ3n) is 1.74. The molecule has 8 heteroatoms. The lowest BCUT2D eigenvalue weighted by atomic mass is 10.4. The first-order chi connectivity index (χ1) is 7.50. The third-order valence-corrected chi connectivity index (χ3v) is 5.10. The molecule has 16 heavy (non-hydrogen) atoms. The molecule has 0 amide bonds. The Balaban J connectivity index is 2.51. The number of hydrogen-bond donors (Lipinski definition) is 0. The summed E-state index contributed by atoms with van der Waals surface area (Å²) in [7, 11) is -3.63. The minimum absolute atomic E-state index is 0.0717. The second-order valence-corrected chi connectivity index (χ2v) is 6.44. The van der Waals surface area contributed by atoms with E-state index in [9.17, 15) is 8.42 Å². The lowest BCUT2D eigenvalue weighted by molar-refractivity contribution is 0.595. The number of aromatic nitrogens is 2. The van der Waals surface area contributed by atoms with Gasteiger partial charge in [-0.25, -0.2) is 8.42 Å². The fourth-order valence-corrected chi connectivity index (χ4v) is 3.45. The number of nitrogens with zero attached hydrogens (tertiary/aromatic N) is 2. The van der Waals surface area contributed by atoms with Crippen molar-refractivity contribution in [2.75, 3.05) is 0 Å². The van der Waals surface area contributed by atoms with Crippen molar-refractivity contribution in [2.45, 2.75) is 9.24 Å². The number of hydrogen-bond acceptors (Lipinski definition) is 5. The van der Waals surface area contributed by atoms with Crippen molar-refractivity contribution in [3.63, 3.8) is 0 Å². The van der Waals surface area contributed by atoms with Crippen LogP contribution in [-0.2, 0) is 9.84 Å². The Morgan fingerprint density at radius 1 is 1.12 bits per heavy atom. The third kappa shape index (κ3) is 2.20. The molecule has 4 nitrogen and oxygen atoms in total. The zero-order valence-corrected chi connectivity index (χ0v) is 10.7. The average Bonchev–Trinajstić information content (AvgIpc) is 2.66. The Morgan fingerprint density at radius 2 is 1.75 bits per heavy atom. The van der Waals surface area contributed by atoms with Gasteiger partial charge in [0.05, 0.1) is 4.90 Å². The van der Waals surface area contributed by atoms with E-state index in [1.165, 1.54) is 24.3 Å². The van der Waals surface area contributed by atoms with Crippen molar-refractivity contribution in [3.05, 3.63) is 34.6 Å². The monoisotopic (exact) mass is 294 g/mol. The Bertz CT molecular complexity index is 607. The van der Waals surface area contributed by atoms with Gasteiger partial charge in [-0.3, -0.25) is 0 Å². The SMILES string of the molecule is O=S(=O)(c1ccc(Cl)cc1)c1nc(Cl)ns1. The Kier molecular flexibility index (Phi) is 3.16. The van der Waals surface area contributed by atoms with E-state index in [0.29, 0.717) is 5.02 Å². The second-order valence-electron chi connectivity index (χ2n) is 2.79. The largest absolute Gasteiger partial charge is 0.235 e. The maximum Gasteiger partial charge on any atom is 0.235 e. The first-order valence-electron chi connectivity index (χ1n) is 4.00. The fraction of sp³-hybridized carbons (Fsp3) is 0. The maximum atomic E-state index is 12.0. The first-order valence-corrected chi connectivity index (χ1v) is 7.01. The summed E-state index contributed by atoms with van der Waals surface area (Å²) in [4.78, 5) is 3.75. The minimum Gasteiger partial charge on any atom is -0.216 e. The number of rotatable bonds is 2. The van der Waals surface area contributed by atoms with Crippen LogP contribution in [0, 0.1) is 0 Å². The summed E-state index contributed by atoms with van der Waals surface area (Å²) >= 11 is 11.9. The van der Waals surface area contributed by atoms with E-state index < -0.39 is 9.84 Å². The molecule has 0 aliphatic heterocycles. The number of halogens is 2. The van der Waals surface area contributed by atoms with Gasteiger partial charge in [0.2, 0.25) is 19.5 Å². The highest BCUT2D eigenvalue weighted by molar-refractivity contribution is 7.93. The molecule has 2 aromatic rings. The number of sulfone groups is 1. The molecule has 0 bridgehead atoms. The fourth-order valence-electron chi connectivity index (χ4n) is 1.02. The highest BCUT2D eigenvalue weighted by Crippen LogP contribution is 2.24. The van der Waals surface area contributed by atoms with Crippen LogP contribution in [-0.4, -0.2) is 17.8 Å². The van der Waals surface area contributed by atoms with E-state index in [1.54, 1.807) is 0 Å². The highest BCUT2D eigenvalue weighted by Gasteiger charge is 2.22. The average molecular weight is 295 g/mol. The molecular formula is C8H4Cl2N2O2S2. The van der Waals surface area contributed by atoms with Crippen LogP contribution in [0.1, 0.15) is 0 Å². The van der Waals surface area contributed by atoms with Crippen molar-refractivity contribution >= 4 is 44.6 Å². The van der Waals surface area contributed by atoms with E-state index in [2.05, 4.69) is 9.36 Å². The molecule has 1 heterocycles. The molecule has 0 aliphatic rings. The lowest BCUT2D eigenvalue weighted by Gasteiger charge is -1.99. The van der Waals surface area contributed by atoms with Crippen molar-refractivity contribution < 1.29 is 8.42 Å². The molecule has 1 aromatic heterocycles. The molecule has 0 unspecified atom stereocenters. The molecule has 0 fully saturated rings. The van der Waals surface area contributed by atoms with Crippen molar-refractivity contribution in [2.24, 2.45) is 0 Å². The predicted octanol–water partition coefficient (Wildman–Crippen LogP) is 2.68. The van der Waals surface area contributed by atoms with E-state index >= 15 is 0 Å². The van der Waals surface area contributed by atoms with E-state index in [4.69, 9.17) is 23.2 Å². The summed E-state index contributed by atoms with van der Waals surface area (Å²) in [5, 5.41) is 0.395. The van der Waals surface area contributed by atoms with Gasteiger partial charge in [0, 0.05) is 5.02 Å². The molecule has 0 aliphatic carbocycles. The number of benzene rings is 1. The summed E-state index contributed by atoms with van der Waals surface area (Å²) in [5.74, 6) is 0. The summed E-state index contributed by atoms with van der Waals surface area (Å²) < 4.78 is 27.4. The van der Waals surface area contributed by atoms with Gasteiger partial charge in [-0.2, -0.15) is 9.36 Å². The van der Waals surface area contributed by atoms with Crippen LogP contribution in [0.25, 0.3) is 0 Å². The molecule has 0 atom stereocenters. The highest BCUT2D eigenvalue weighted by atomic mass is 35.5. The molecule has 0 spiro atoms. The predicted molar refractivity (Wildman–Crippen MR) is 61.8 cm³/mol. The molecule has 1 aromatic carbocycles. The van der Waals surface area contributed by atoms with Gasteiger partial charge >= 0.3 is 0 Å². The van der Waals surface area contributed by atoms with Gasteiger partial charge in [-0.15, -0.1) is 0 Å². The van der Waals surface area contributed by atoms with Gasteiger partial charge in [0.1, 0.15) is 0 Å². The topological polar surface area (TPSA) is 59.9 Å². The van der Waals surface area contributed by atoms with Crippen LogP contribution in [0.15, 0.2) is 33.5 Å². The molecule has 84 valence electrons. The first kappa shape index (κ1) is 11.8. The van der Waals surface area contributed by atoms with Gasteiger partial charge < -0.3 is 0 Å². The van der Waals surface area contributed by atoms with Gasteiger partial charge in [0.15, 0.2) is 0 Å². The summed E-state index contributed by atoms with van der Waals surface area (Å²) in [6.45, 7) is 0. The van der Waals surface area contributed by atoms with Crippen LogP contribution in [0.4, 0.5) is 0 Å². The summed E-state index contributed by atoms with van der Waals surface area (Å²) in [6, 6.07) is 5.81. The molecule has 0 saturated carbocycles. The van der Waals surface area contributed by atoms with Gasteiger partial charge in [-0.05, 0) is 47.4 Å². The second kappa shape index (κ2) is 4.29. The smallest absolute Gasteiger partial charge is 0.216 e. The van der Waals surface area contributed by atoms with E-state index in [-0.39, 0.29) is 14.5 Å². The Morgan fingerprint density at radius 3 is 2.25 bits per heavy atom. The Hall–Kier alpha value is -0.690. The molecule has 0 N–H and O–H groups in total. The molecule has 2 rings (SSSR count). The van der Waals surface area contributed by atoms with Gasteiger partial charge in [-0.1, -0.05) is 11.6 Å². The molecular weight excluding hydrogens is 291 g/mol. The summed E-state index contributed by atoms with van der Waals surface area (Å²) in [5.41, 5.74) is 0. The van der Waals surface area contributed by atoms with Crippen molar-refractivity contribution in [1.29, 1.82) is 0 Å². The van der Waals surface area contributed by atoms with Crippen molar-refractivity contribution in [3.8, 4) is 0 Å². The van der Waals surface area contributed by atoms with Crippen LogP contribution >= 0.6 is 34.7 Å². The Labute approximate surface area is 106 Å². The normalized spacial score (nSPS) is 11.6. The van der Waals surface area contributed by atoms with Crippen LogP contribution in [0.2, 0.25) is 10.3 Å². The van der Waals surface area contributed by atoms with Crippen LogP contribution in [0.5, 0.6) is 0 Å². The lowest BCUT2D eigenvalue weighted by Crippen LogP contribution is -2.00. The van der Waals surface area contributed by atoms with Crippen LogP contribution < -0.4 is 0 Å². The van der Waals surface area contributed by atoms with E-state index in [1.807, 2.05) is 0 Å². The van der Waals surface area contributed by atoms with Crippen molar-refractivity contribution in [1.82, 2.24) is 9.36 Å². The maximum absolute atomic E-state index is 12.0. The zero-order valence-electron chi connectivity index (χ0n) is 7.59. The summed E-state index contributed by atoms with van der Waals surface area (Å²) in [6.07, 6.45) is 0. The van der Waals surface area contributed by atoms with E-state index in [0.717, 1.165) is 11.5 Å². The minimum atomic E-state index is -3.63. The zero-order chi connectivity index (χ0) is 11.8. The molecule has 0 saturated heterocycles. The molecule has 0 radical (unpaired) electrons. The quantitative estimate of drug-likeness (QED) is 0.854. The standard InChI is InChI=1S/C8H4Cl2N2O2S2/c9-5-1-3-6(4-2-5)16(13,14)8-11-7(10)12-15-8/h1-4H.